The van der Waals surface area contributed by atoms with E-state index in [4.69, 9.17) is 5.73 Å². The van der Waals surface area contributed by atoms with Gasteiger partial charge in [-0.25, -0.2) is 0 Å². The highest BCUT2D eigenvalue weighted by atomic mass is 35.5. The summed E-state index contributed by atoms with van der Waals surface area (Å²) in [5, 5.41) is 0. The fraction of sp³-hybridized carbons (Fsp3) is 0.615. The van der Waals surface area contributed by atoms with E-state index < -0.39 is 0 Å². The number of piperidine rings is 1. The van der Waals surface area contributed by atoms with Crippen LogP contribution in [0.3, 0.4) is 0 Å². The predicted molar refractivity (Wildman–Crippen MR) is 80.5 cm³/mol. The van der Waals surface area contributed by atoms with E-state index >= 15 is 0 Å². The van der Waals surface area contributed by atoms with E-state index in [2.05, 4.69) is 22.9 Å². The van der Waals surface area contributed by atoms with E-state index in [9.17, 15) is 0 Å². The summed E-state index contributed by atoms with van der Waals surface area (Å²) in [5.41, 5.74) is 7.02. The second-order valence-electron chi connectivity index (χ2n) is 4.68. The maximum absolute atomic E-state index is 5.71. The summed E-state index contributed by atoms with van der Waals surface area (Å²) in [7, 11) is 0. The van der Waals surface area contributed by atoms with Gasteiger partial charge in [-0.3, -0.25) is 9.88 Å². The number of hydrogen-bond donors (Lipinski definition) is 1. The molecule has 2 heterocycles. The summed E-state index contributed by atoms with van der Waals surface area (Å²) >= 11 is 0. The fourth-order valence-corrected chi connectivity index (χ4v) is 2.41. The first-order chi connectivity index (χ1) is 7.81. The van der Waals surface area contributed by atoms with Crippen molar-refractivity contribution in [1.82, 2.24) is 9.88 Å². The smallest absolute Gasteiger partial charge is 0.0335 e. The van der Waals surface area contributed by atoms with Crippen molar-refractivity contribution in [3.05, 3.63) is 30.1 Å². The van der Waals surface area contributed by atoms with Crippen LogP contribution in [0.5, 0.6) is 0 Å². The van der Waals surface area contributed by atoms with Crippen LogP contribution in [-0.4, -0.2) is 29.5 Å². The molecule has 1 fully saturated rings. The maximum Gasteiger partial charge on any atom is 0.0335 e. The van der Waals surface area contributed by atoms with Crippen LogP contribution in [0.1, 0.15) is 31.4 Å². The molecular weight excluding hydrogens is 269 g/mol. The van der Waals surface area contributed by atoms with Gasteiger partial charge >= 0.3 is 0 Å². The van der Waals surface area contributed by atoms with Gasteiger partial charge in [-0.05, 0) is 56.9 Å². The third-order valence-corrected chi connectivity index (χ3v) is 3.70. The van der Waals surface area contributed by atoms with Crippen molar-refractivity contribution < 1.29 is 0 Å². The van der Waals surface area contributed by atoms with Gasteiger partial charge in [-0.2, -0.15) is 0 Å². The quantitative estimate of drug-likeness (QED) is 0.931. The third kappa shape index (κ3) is 4.39. The molecule has 1 aromatic rings. The van der Waals surface area contributed by atoms with Gasteiger partial charge in [0, 0.05) is 18.4 Å². The lowest BCUT2D eigenvalue weighted by Crippen LogP contribution is -2.37. The minimum Gasteiger partial charge on any atom is -0.330 e. The van der Waals surface area contributed by atoms with Crippen LogP contribution >= 0.6 is 24.8 Å². The van der Waals surface area contributed by atoms with E-state index in [0.717, 1.165) is 25.6 Å². The van der Waals surface area contributed by atoms with Crippen LogP contribution < -0.4 is 5.73 Å². The summed E-state index contributed by atoms with van der Waals surface area (Å²) < 4.78 is 0. The number of hydrogen-bond acceptors (Lipinski definition) is 3. The van der Waals surface area contributed by atoms with Crippen molar-refractivity contribution in [1.29, 1.82) is 0 Å². The molecule has 0 amide bonds. The molecule has 1 saturated heterocycles. The minimum absolute atomic E-state index is 0. The lowest BCUT2D eigenvalue weighted by molar-refractivity contribution is 0.143. The Morgan fingerprint density at radius 3 is 2.56 bits per heavy atom. The number of rotatable bonds is 3. The standard InChI is InChI=1S/C13H21N3.2ClH/c1-11(13-3-2-6-15-10-13)16-7-4-12(9-14)5-8-16;;/h2-3,6,10-12H,4-5,7-9,14H2,1H3;2*1H. The van der Waals surface area contributed by atoms with Crippen molar-refractivity contribution >= 4 is 24.8 Å². The van der Waals surface area contributed by atoms with Gasteiger partial charge in [0.15, 0.2) is 0 Å². The molecule has 18 heavy (non-hydrogen) atoms. The summed E-state index contributed by atoms with van der Waals surface area (Å²) in [4.78, 5) is 6.72. The molecule has 1 atom stereocenters. The number of nitrogens with two attached hydrogens (primary N) is 1. The molecule has 0 aliphatic carbocycles. The molecule has 0 aromatic carbocycles. The Hall–Kier alpha value is -0.350. The first-order valence-electron chi connectivity index (χ1n) is 6.15. The molecule has 1 aliphatic heterocycles. The van der Waals surface area contributed by atoms with Crippen LogP contribution in [0.4, 0.5) is 0 Å². The Morgan fingerprint density at radius 1 is 1.39 bits per heavy atom. The zero-order valence-corrected chi connectivity index (χ0v) is 12.4. The predicted octanol–water partition coefficient (Wildman–Crippen LogP) is 2.66. The highest BCUT2D eigenvalue weighted by molar-refractivity contribution is 5.85. The van der Waals surface area contributed by atoms with E-state index in [1.807, 2.05) is 18.5 Å². The Kier molecular flexibility index (Phi) is 8.53. The van der Waals surface area contributed by atoms with Gasteiger partial charge in [0.25, 0.3) is 0 Å². The number of likely N-dealkylation sites (tertiary alicyclic amines) is 1. The van der Waals surface area contributed by atoms with Crippen molar-refractivity contribution in [2.45, 2.75) is 25.8 Å². The number of pyridine rings is 1. The van der Waals surface area contributed by atoms with Crippen LogP contribution in [0.2, 0.25) is 0 Å². The molecule has 104 valence electrons. The minimum atomic E-state index is 0. The van der Waals surface area contributed by atoms with Crippen LogP contribution in [0.15, 0.2) is 24.5 Å². The van der Waals surface area contributed by atoms with Crippen molar-refractivity contribution in [3.8, 4) is 0 Å². The van der Waals surface area contributed by atoms with Crippen molar-refractivity contribution in [2.24, 2.45) is 11.7 Å². The monoisotopic (exact) mass is 291 g/mol. The van der Waals surface area contributed by atoms with Gasteiger partial charge in [0.2, 0.25) is 0 Å². The molecule has 2 rings (SSSR count). The van der Waals surface area contributed by atoms with Gasteiger partial charge in [0.05, 0.1) is 0 Å². The SMILES string of the molecule is CC(c1cccnc1)N1CCC(CN)CC1.Cl.Cl. The van der Waals surface area contributed by atoms with Crippen molar-refractivity contribution in [2.75, 3.05) is 19.6 Å². The second kappa shape index (κ2) is 8.70. The summed E-state index contributed by atoms with van der Waals surface area (Å²) in [6, 6.07) is 4.65. The molecule has 1 aromatic heterocycles. The largest absolute Gasteiger partial charge is 0.330 e. The van der Waals surface area contributed by atoms with Gasteiger partial charge in [-0.1, -0.05) is 6.07 Å². The fourth-order valence-electron chi connectivity index (χ4n) is 2.41. The lowest BCUT2D eigenvalue weighted by Gasteiger charge is -2.35. The highest BCUT2D eigenvalue weighted by Gasteiger charge is 2.22. The van der Waals surface area contributed by atoms with Crippen molar-refractivity contribution in [3.63, 3.8) is 0 Å². The molecule has 3 nitrogen and oxygen atoms in total. The Bertz CT molecular complexity index is 313. The maximum atomic E-state index is 5.71. The van der Waals surface area contributed by atoms with E-state index in [1.54, 1.807) is 0 Å². The topological polar surface area (TPSA) is 42.2 Å². The van der Waals surface area contributed by atoms with Gasteiger partial charge < -0.3 is 5.73 Å². The number of halogens is 2. The van der Waals surface area contributed by atoms with Gasteiger partial charge in [-0.15, -0.1) is 24.8 Å². The number of nitrogens with zero attached hydrogens (tertiary/aromatic N) is 2. The molecule has 2 N–H and O–H groups in total. The average molecular weight is 292 g/mol. The molecule has 1 unspecified atom stereocenters. The highest BCUT2D eigenvalue weighted by Crippen LogP contribution is 2.25. The van der Waals surface area contributed by atoms with E-state index in [1.165, 1.54) is 18.4 Å². The Morgan fingerprint density at radius 2 is 2.06 bits per heavy atom. The summed E-state index contributed by atoms with van der Waals surface area (Å²) in [6.45, 7) is 5.44. The molecule has 0 radical (unpaired) electrons. The second-order valence-corrected chi connectivity index (χ2v) is 4.68. The molecule has 1 aliphatic rings. The summed E-state index contributed by atoms with van der Waals surface area (Å²) in [6.07, 6.45) is 6.28. The molecule has 0 spiro atoms. The lowest BCUT2D eigenvalue weighted by atomic mass is 9.95. The number of aromatic nitrogens is 1. The first-order valence-corrected chi connectivity index (χ1v) is 6.15. The zero-order valence-electron chi connectivity index (χ0n) is 10.8. The molecular formula is C13H23Cl2N3. The van der Waals surface area contributed by atoms with Crippen LogP contribution in [-0.2, 0) is 0 Å². The normalized spacial score (nSPS) is 18.6. The van der Waals surface area contributed by atoms with E-state index in [-0.39, 0.29) is 24.8 Å². The van der Waals surface area contributed by atoms with E-state index in [0.29, 0.717) is 6.04 Å². The third-order valence-electron chi connectivity index (χ3n) is 3.70. The average Bonchev–Trinajstić information content (AvgIpc) is 2.39. The van der Waals surface area contributed by atoms with Gasteiger partial charge in [0.1, 0.15) is 0 Å². The molecule has 5 heteroatoms. The molecule has 0 saturated carbocycles. The van der Waals surface area contributed by atoms with Crippen LogP contribution in [0.25, 0.3) is 0 Å². The Balaban J connectivity index is 0.00000144. The Labute approximate surface area is 122 Å². The zero-order chi connectivity index (χ0) is 11.4. The summed E-state index contributed by atoms with van der Waals surface area (Å²) in [5.74, 6) is 0.734. The first kappa shape index (κ1) is 17.6. The van der Waals surface area contributed by atoms with Crippen LogP contribution in [0, 0.1) is 5.92 Å². The molecule has 0 bridgehead atoms.